The molecule has 1 amide bonds. The van der Waals surface area contributed by atoms with E-state index in [1.165, 1.54) is 35.2 Å². The van der Waals surface area contributed by atoms with E-state index in [2.05, 4.69) is 9.98 Å². The number of hydrogen-bond acceptors (Lipinski definition) is 4. The number of hydrogen-bond donors (Lipinski definition) is 1. The normalized spacial score (nSPS) is 24.1. The highest BCUT2D eigenvalue weighted by atomic mass is 19.1. The number of carbonyl (C=O) groups is 1. The monoisotopic (exact) mass is 404 g/mol. The van der Waals surface area contributed by atoms with Crippen molar-refractivity contribution in [2.45, 2.75) is 25.3 Å². The number of benzene rings is 1. The molecule has 0 radical (unpaired) electrons. The van der Waals surface area contributed by atoms with E-state index in [9.17, 15) is 18.0 Å². The van der Waals surface area contributed by atoms with Crippen molar-refractivity contribution in [2.75, 3.05) is 20.8 Å². The Morgan fingerprint density at radius 1 is 1.21 bits per heavy atom. The number of nitrogens with zero attached hydrogens (tertiary/aromatic N) is 3. The Morgan fingerprint density at radius 2 is 1.93 bits per heavy atom. The fraction of sp³-hybridized carbons (Fsp3) is 0.381. The van der Waals surface area contributed by atoms with Gasteiger partial charge in [0.15, 0.2) is 0 Å². The Labute approximate surface area is 167 Å². The van der Waals surface area contributed by atoms with Crippen LogP contribution in [0.3, 0.4) is 0 Å². The number of carbonyl (C=O) groups excluding carboxylic acids is 1. The van der Waals surface area contributed by atoms with E-state index in [1.807, 2.05) is 0 Å². The molecule has 29 heavy (non-hydrogen) atoms. The molecule has 1 aliphatic heterocycles. The molecule has 1 aromatic carbocycles. The molecular weight excluding hydrogens is 381 g/mol. The van der Waals surface area contributed by atoms with E-state index in [4.69, 9.17) is 5.73 Å². The van der Waals surface area contributed by atoms with Crippen molar-refractivity contribution in [1.82, 2.24) is 9.88 Å². The molecule has 2 aromatic rings. The van der Waals surface area contributed by atoms with Crippen molar-refractivity contribution < 1.29 is 18.0 Å². The van der Waals surface area contributed by atoms with Gasteiger partial charge in [-0.25, -0.2) is 13.2 Å². The maximum Gasteiger partial charge on any atom is 0.235 e. The molecule has 0 fully saturated rings. The molecule has 2 atom stereocenters. The molecule has 0 bridgehead atoms. The Balaban J connectivity index is 2.09. The lowest BCUT2D eigenvalue weighted by Crippen LogP contribution is -2.52. The van der Waals surface area contributed by atoms with Crippen molar-refractivity contribution >= 4 is 11.7 Å². The first-order valence-electron chi connectivity index (χ1n) is 9.18. The van der Waals surface area contributed by atoms with Gasteiger partial charge in [0.1, 0.15) is 35.1 Å². The predicted molar refractivity (Wildman–Crippen MR) is 105 cm³/mol. The third-order valence-electron chi connectivity index (χ3n) is 5.53. The molecule has 154 valence electrons. The van der Waals surface area contributed by atoms with E-state index in [-0.39, 0.29) is 30.1 Å². The lowest BCUT2D eigenvalue weighted by atomic mass is 9.73. The number of alkyl halides is 1. The molecule has 0 saturated heterocycles. The molecule has 3 rings (SSSR count). The largest absolute Gasteiger partial charge is 0.387 e. The molecule has 0 aliphatic carbocycles. The zero-order chi connectivity index (χ0) is 21.4. The summed E-state index contributed by atoms with van der Waals surface area (Å²) in [6.07, 6.45) is 1.39. The number of amidine groups is 1. The molecule has 0 saturated carbocycles. The molecule has 8 heteroatoms. The van der Waals surface area contributed by atoms with Gasteiger partial charge in [-0.2, -0.15) is 0 Å². The lowest BCUT2D eigenvalue weighted by molar-refractivity contribution is -0.135. The van der Waals surface area contributed by atoms with Crippen LogP contribution in [0, 0.1) is 17.0 Å². The van der Waals surface area contributed by atoms with Crippen LogP contribution in [0.1, 0.15) is 25.3 Å². The van der Waals surface area contributed by atoms with E-state index < -0.39 is 29.3 Å². The highest BCUT2D eigenvalue weighted by Crippen LogP contribution is 2.44. The predicted octanol–water partition coefficient (Wildman–Crippen LogP) is 3.44. The van der Waals surface area contributed by atoms with Crippen molar-refractivity contribution in [3.63, 3.8) is 0 Å². The number of halogens is 3. The van der Waals surface area contributed by atoms with Gasteiger partial charge in [0.2, 0.25) is 5.91 Å². The van der Waals surface area contributed by atoms with Crippen LogP contribution < -0.4 is 5.73 Å². The van der Waals surface area contributed by atoms with Gasteiger partial charge in [0.25, 0.3) is 0 Å². The third-order valence-corrected chi connectivity index (χ3v) is 5.53. The summed E-state index contributed by atoms with van der Waals surface area (Å²) < 4.78 is 42.2. The fourth-order valence-electron chi connectivity index (χ4n) is 3.66. The summed E-state index contributed by atoms with van der Waals surface area (Å²) in [5.41, 5.74) is 4.46. The standard InChI is InChI=1S/C21H23F3N4O/c1-20(19(29)28(2)3)8-9-21(12-22,27-18(20)25)15-10-13(4-6-16(15)24)17-7-5-14(23)11-26-17/h4-7,10-11H,8-9,12H2,1-3H3,(H2,25,27)/t20-,21-/m1/s1. The van der Waals surface area contributed by atoms with Gasteiger partial charge in [0.05, 0.1) is 11.9 Å². The zero-order valence-corrected chi connectivity index (χ0v) is 16.5. The van der Waals surface area contributed by atoms with Crippen molar-refractivity contribution in [3.8, 4) is 11.3 Å². The summed E-state index contributed by atoms with van der Waals surface area (Å²) in [6, 6.07) is 6.85. The van der Waals surface area contributed by atoms with Crippen LogP contribution in [0.25, 0.3) is 11.3 Å². The molecule has 1 aliphatic rings. The summed E-state index contributed by atoms with van der Waals surface area (Å²) in [6.45, 7) is 0.683. The summed E-state index contributed by atoms with van der Waals surface area (Å²) in [7, 11) is 3.22. The average molecular weight is 404 g/mol. The van der Waals surface area contributed by atoms with E-state index in [1.54, 1.807) is 21.0 Å². The van der Waals surface area contributed by atoms with Crippen LogP contribution in [-0.2, 0) is 10.3 Å². The van der Waals surface area contributed by atoms with Crippen molar-refractivity contribution in [1.29, 1.82) is 0 Å². The summed E-state index contributed by atoms with van der Waals surface area (Å²) in [5, 5.41) is 0. The Kier molecular flexibility index (Phi) is 5.38. The highest BCUT2D eigenvalue weighted by molar-refractivity contribution is 6.07. The highest BCUT2D eigenvalue weighted by Gasteiger charge is 2.48. The van der Waals surface area contributed by atoms with Crippen LogP contribution >= 0.6 is 0 Å². The minimum absolute atomic E-state index is 0.0233. The van der Waals surface area contributed by atoms with Gasteiger partial charge in [-0.3, -0.25) is 14.8 Å². The number of nitrogens with two attached hydrogens (primary N) is 1. The SMILES string of the molecule is CN(C)C(=O)[C@]1(C)CC[C@@](CF)(c2cc(-c3ccc(F)cn3)ccc2F)N=C1N. The molecule has 0 spiro atoms. The van der Waals surface area contributed by atoms with Gasteiger partial charge in [0, 0.05) is 25.2 Å². The van der Waals surface area contributed by atoms with Gasteiger partial charge < -0.3 is 10.6 Å². The molecule has 5 nitrogen and oxygen atoms in total. The average Bonchev–Trinajstić information content (AvgIpc) is 2.70. The van der Waals surface area contributed by atoms with Crippen LogP contribution in [-0.4, -0.2) is 42.4 Å². The smallest absolute Gasteiger partial charge is 0.235 e. The number of rotatable bonds is 4. The number of pyridine rings is 1. The van der Waals surface area contributed by atoms with E-state index >= 15 is 0 Å². The van der Waals surface area contributed by atoms with Crippen LogP contribution in [0.5, 0.6) is 0 Å². The Hall–Kier alpha value is -2.90. The third kappa shape index (κ3) is 3.59. The first kappa shape index (κ1) is 20.8. The first-order chi connectivity index (χ1) is 13.6. The summed E-state index contributed by atoms with van der Waals surface area (Å²) in [5.74, 6) is -1.39. The van der Waals surface area contributed by atoms with Crippen molar-refractivity contribution in [3.05, 3.63) is 53.7 Å². The van der Waals surface area contributed by atoms with Gasteiger partial charge in [-0.15, -0.1) is 0 Å². The zero-order valence-electron chi connectivity index (χ0n) is 16.5. The molecule has 0 unspecified atom stereocenters. The maximum absolute atomic E-state index is 14.7. The summed E-state index contributed by atoms with van der Waals surface area (Å²) in [4.78, 5) is 22.3. The van der Waals surface area contributed by atoms with Crippen LogP contribution in [0.2, 0.25) is 0 Å². The van der Waals surface area contributed by atoms with Crippen LogP contribution in [0.15, 0.2) is 41.5 Å². The first-order valence-corrected chi connectivity index (χ1v) is 9.18. The van der Waals surface area contributed by atoms with Gasteiger partial charge in [-0.1, -0.05) is 0 Å². The number of aliphatic imine (C=N–C) groups is 1. The second-order valence-corrected chi connectivity index (χ2v) is 7.75. The molecule has 2 N–H and O–H groups in total. The van der Waals surface area contributed by atoms with Gasteiger partial charge in [-0.05, 0) is 50.1 Å². The number of amides is 1. The second-order valence-electron chi connectivity index (χ2n) is 7.75. The minimum Gasteiger partial charge on any atom is -0.387 e. The van der Waals surface area contributed by atoms with Gasteiger partial charge >= 0.3 is 0 Å². The van der Waals surface area contributed by atoms with Crippen molar-refractivity contribution in [2.24, 2.45) is 16.1 Å². The lowest BCUT2D eigenvalue weighted by Gasteiger charge is -2.40. The quantitative estimate of drug-likeness (QED) is 0.849. The topological polar surface area (TPSA) is 71.6 Å². The minimum atomic E-state index is -1.53. The Morgan fingerprint density at radius 3 is 2.48 bits per heavy atom. The maximum atomic E-state index is 14.7. The van der Waals surface area contributed by atoms with E-state index in [0.717, 1.165) is 6.20 Å². The molecule has 2 heterocycles. The molecular formula is C21H23F3N4O. The number of aromatic nitrogens is 1. The fourth-order valence-corrected chi connectivity index (χ4v) is 3.66. The second kappa shape index (κ2) is 7.50. The van der Waals surface area contributed by atoms with E-state index in [0.29, 0.717) is 11.3 Å². The Bertz CT molecular complexity index is 961. The van der Waals surface area contributed by atoms with Crippen LogP contribution in [0.4, 0.5) is 13.2 Å². The summed E-state index contributed by atoms with van der Waals surface area (Å²) >= 11 is 0. The molecule has 1 aromatic heterocycles.